The Morgan fingerprint density at radius 2 is 1.50 bits per heavy atom. The molecular formula is C19H22Cl2O. The standard InChI is InChI=1S/C19H22Cl2O/c1-3-6-16(13-22)19(2,14-7-4-9-17(20)11-14)15-8-5-10-18(21)12-15/h4-5,7-12,16,22H,3,6,13H2,1-2H3. The van der Waals surface area contributed by atoms with E-state index < -0.39 is 0 Å². The molecule has 0 heterocycles. The van der Waals surface area contributed by atoms with Gasteiger partial charge in [0.25, 0.3) is 0 Å². The van der Waals surface area contributed by atoms with Crippen molar-refractivity contribution in [3.8, 4) is 0 Å². The molecule has 3 heteroatoms. The molecular weight excluding hydrogens is 315 g/mol. The highest BCUT2D eigenvalue weighted by molar-refractivity contribution is 6.31. The zero-order chi connectivity index (χ0) is 16.2. The fourth-order valence-electron chi connectivity index (χ4n) is 3.17. The van der Waals surface area contributed by atoms with Crippen LogP contribution in [-0.4, -0.2) is 11.7 Å². The molecule has 1 unspecified atom stereocenters. The van der Waals surface area contributed by atoms with Crippen LogP contribution in [0, 0.1) is 5.92 Å². The van der Waals surface area contributed by atoms with E-state index in [4.69, 9.17) is 23.2 Å². The largest absolute Gasteiger partial charge is 0.396 e. The van der Waals surface area contributed by atoms with Gasteiger partial charge in [-0.05, 0) is 47.7 Å². The zero-order valence-corrected chi connectivity index (χ0v) is 14.5. The number of hydrogen-bond acceptors (Lipinski definition) is 1. The maximum absolute atomic E-state index is 9.99. The lowest BCUT2D eigenvalue weighted by Crippen LogP contribution is -2.35. The lowest BCUT2D eigenvalue weighted by Gasteiger charge is -2.38. The maximum Gasteiger partial charge on any atom is 0.0470 e. The van der Waals surface area contributed by atoms with Crippen LogP contribution in [0.4, 0.5) is 0 Å². The topological polar surface area (TPSA) is 20.2 Å². The molecule has 2 aromatic carbocycles. The number of hydrogen-bond donors (Lipinski definition) is 1. The molecule has 0 aliphatic carbocycles. The third-order valence-corrected chi connectivity index (χ3v) is 4.99. The molecule has 0 aromatic heterocycles. The maximum atomic E-state index is 9.99. The van der Waals surface area contributed by atoms with Gasteiger partial charge in [0.05, 0.1) is 0 Å². The molecule has 0 saturated carbocycles. The molecule has 1 N–H and O–H groups in total. The first kappa shape index (κ1) is 17.3. The third-order valence-electron chi connectivity index (χ3n) is 4.52. The van der Waals surface area contributed by atoms with Crippen LogP contribution >= 0.6 is 23.2 Å². The summed E-state index contributed by atoms with van der Waals surface area (Å²) in [5.41, 5.74) is 1.88. The second kappa shape index (κ2) is 7.50. The Hall–Kier alpha value is -1.02. The van der Waals surface area contributed by atoms with E-state index in [1.54, 1.807) is 0 Å². The van der Waals surface area contributed by atoms with E-state index in [1.165, 1.54) is 0 Å². The molecule has 0 saturated heterocycles. The monoisotopic (exact) mass is 336 g/mol. The minimum atomic E-state index is -0.333. The van der Waals surface area contributed by atoms with E-state index in [2.05, 4.69) is 26.0 Å². The van der Waals surface area contributed by atoms with Crippen LogP contribution in [0.3, 0.4) is 0 Å². The van der Waals surface area contributed by atoms with Crippen molar-refractivity contribution < 1.29 is 5.11 Å². The van der Waals surface area contributed by atoms with E-state index in [0.717, 1.165) is 24.0 Å². The van der Waals surface area contributed by atoms with Crippen LogP contribution in [0.2, 0.25) is 10.0 Å². The molecule has 0 aliphatic rings. The van der Waals surface area contributed by atoms with Gasteiger partial charge in [-0.25, -0.2) is 0 Å². The van der Waals surface area contributed by atoms with Gasteiger partial charge < -0.3 is 5.11 Å². The molecule has 2 rings (SSSR count). The fourth-order valence-corrected chi connectivity index (χ4v) is 3.55. The molecule has 22 heavy (non-hydrogen) atoms. The van der Waals surface area contributed by atoms with E-state index in [1.807, 2.05) is 36.4 Å². The smallest absolute Gasteiger partial charge is 0.0470 e. The summed E-state index contributed by atoms with van der Waals surface area (Å²) in [6.07, 6.45) is 1.95. The number of rotatable bonds is 6. The zero-order valence-electron chi connectivity index (χ0n) is 13.0. The second-order valence-corrected chi connectivity index (χ2v) is 6.76. The summed E-state index contributed by atoms with van der Waals surface area (Å²) >= 11 is 12.4. The van der Waals surface area contributed by atoms with Crippen molar-refractivity contribution in [3.05, 3.63) is 69.7 Å². The molecule has 2 aromatic rings. The highest BCUT2D eigenvalue weighted by atomic mass is 35.5. The lowest BCUT2D eigenvalue weighted by atomic mass is 9.66. The van der Waals surface area contributed by atoms with Crippen LogP contribution in [-0.2, 0) is 5.41 Å². The first-order chi connectivity index (χ1) is 10.5. The normalized spacial score (nSPS) is 13.1. The van der Waals surface area contributed by atoms with Gasteiger partial charge in [-0.3, -0.25) is 0 Å². The average Bonchev–Trinajstić information content (AvgIpc) is 2.52. The summed E-state index contributed by atoms with van der Waals surface area (Å²) in [6, 6.07) is 15.8. The van der Waals surface area contributed by atoms with Crippen molar-refractivity contribution in [1.82, 2.24) is 0 Å². The quantitative estimate of drug-likeness (QED) is 0.716. The number of benzene rings is 2. The Morgan fingerprint density at radius 3 is 1.86 bits per heavy atom. The number of halogens is 2. The minimum absolute atomic E-state index is 0.106. The molecule has 0 fully saturated rings. The van der Waals surface area contributed by atoms with E-state index in [9.17, 15) is 5.11 Å². The molecule has 1 atom stereocenters. The number of aliphatic hydroxyl groups excluding tert-OH is 1. The van der Waals surface area contributed by atoms with Gasteiger partial charge in [-0.2, -0.15) is 0 Å². The molecule has 1 nitrogen and oxygen atoms in total. The van der Waals surface area contributed by atoms with E-state index in [-0.39, 0.29) is 17.9 Å². The van der Waals surface area contributed by atoms with Crippen LogP contribution in [0.5, 0.6) is 0 Å². The number of aliphatic hydroxyl groups is 1. The Balaban J connectivity index is 2.62. The van der Waals surface area contributed by atoms with Gasteiger partial charge in [0.15, 0.2) is 0 Å². The van der Waals surface area contributed by atoms with Gasteiger partial charge in [-0.1, -0.05) is 67.7 Å². The van der Waals surface area contributed by atoms with E-state index in [0.29, 0.717) is 10.0 Å². The van der Waals surface area contributed by atoms with Crippen LogP contribution in [0.25, 0.3) is 0 Å². The molecule has 0 amide bonds. The predicted molar refractivity (Wildman–Crippen MR) is 94.8 cm³/mol. The first-order valence-corrected chi connectivity index (χ1v) is 8.41. The van der Waals surface area contributed by atoms with Gasteiger partial charge >= 0.3 is 0 Å². The van der Waals surface area contributed by atoms with Crippen molar-refractivity contribution in [2.45, 2.75) is 32.1 Å². The SMILES string of the molecule is CCCC(CO)C(C)(c1cccc(Cl)c1)c1cccc(Cl)c1. The second-order valence-electron chi connectivity index (χ2n) is 5.89. The molecule has 118 valence electrons. The molecule has 0 aliphatic heterocycles. The van der Waals surface area contributed by atoms with Crippen molar-refractivity contribution in [1.29, 1.82) is 0 Å². The average molecular weight is 337 g/mol. The summed E-state index contributed by atoms with van der Waals surface area (Å²) < 4.78 is 0. The van der Waals surface area contributed by atoms with Crippen molar-refractivity contribution >= 4 is 23.2 Å². The lowest BCUT2D eigenvalue weighted by molar-refractivity contribution is 0.167. The highest BCUT2D eigenvalue weighted by Crippen LogP contribution is 2.42. The summed E-state index contributed by atoms with van der Waals surface area (Å²) in [7, 11) is 0. The predicted octanol–water partition coefficient (Wildman–Crippen LogP) is 5.71. The van der Waals surface area contributed by atoms with Crippen molar-refractivity contribution in [2.24, 2.45) is 5.92 Å². The van der Waals surface area contributed by atoms with Gasteiger partial charge in [0.1, 0.15) is 0 Å². The third kappa shape index (κ3) is 3.48. The highest BCUT2D eigenvalue weighted by Gasteiger charge is 2.37. The fraction of sp³-hybridized carbons (Fsp3) is 0.368. The van der Waals surface area contributed by atoms with Gasteiger partial charge in [-0.15, -0.1) is 0 Å². The van der Waals surface area contributed by atoms with Crippen LogP contribution < -0.4 is 0 Å². The van der Waals surface area contributed by atoms with Crippen LogP contribution in [0.15, 0.2) is 48.5 Å². The minimum Gasteiger partial charge on any atom is -0.396 e. The summed E-state index contributed by atoms with van der Waals surface area (Å²) in [5, 5.41) is 11.4. The summed E-state index contributed by atoms with van der Waals surface area (Å²) in [5.74, 6) is 0.106. The molecule has 0 spiro atoms. The molecule has 0 bridgehead atoms. The Labute approximate surface area is 142 Å². The van der Waals surface area contributed by atoms with Gasteiger partial charge in [0.2, 0.25) is 0 Å². The Kier molecular flexibility index (Phi) is 5.91. The first-order valence-electron chi connectivity index (χ1n) is 7.65. The summed E-state index contributed by atoms with van der Waals surface area (Å²) in [6.45, 7) is 4.43. The van der Waals surface area contributed by atoms with Gasteiger partial charge in [0, 0.05) is 22.1 Å². The van der Waals surface area contributed by atoms with Crippen LogP contribution in [0.1, 0.15) is 37.8 Å². The molecule has 0 radical (unpaired) electrons. The Morgan fingerprint density at radius 1 is 1.00 bits per heavy atom. The van der Waals surface area contributed by atoms with E-state index >= 15 is 0 Å². The Bertz CT molecular complexity index is 579. The van der Waals surface area contributed by atoms with Crippen molar-refractivity contribution in [2.75, 3.05) is 6.61 Å². The van der Waals surface area contributed by atoms with Crippen molar-refractivity contribution in [3.63, 3.8) is 0 Å². The summed E-state index contributed by atoms with van der Waals surface area (Å²) in [4.78, 5) is 0.